The number of hydrogen-bond donors (Lipinski definition) is 2. The molecule has 10 heteroatoms. The molecule has 0 unspecified atom stereocenters. The number of likely N-dealkylation sites (tertiary alicyclic amines) is 1. The smallest absolute Gasteiger partial charge is 0.272 e. The molecule has 0 aliphatic carbocycles. The first-order chi connectivity index (χ1) is 15.5. The zero-order chi connectivity index (χ0) is 22.5. The van der Waals surface area contributed by atoms with Gasteiger partial charge in [-0.25, -0.2) is 9.97 Å². The summed E-state index contributed by atoms with van der Waals surface area (Å²) in [6.07, 6.45) is 3.61. The minimum absolute atomic E-state index is 0.0997. The number of benzene rings is 1. The van der Waals surface area contributed by atoms with Crippen LogP contribution in [0.15, 0.2) is 48.1 Å². The van der Waals surface area contributed by atoms with Crippen LogP contribution in [0.2, 0.25) is 0 Å². The zero-order valence-electron chi connectivity index (χ0n) is 17.4. The average molecular weight is 455 g/mol. The lowest BCUT2D eigenvalue weighted by molar-refractivity contribution is 0.0645. The molecule has 166 valence electrons. The van der Waals surface area contributed by atoms with Crippen LogP contribution in [-0.4, -0.2) is 57.6 Å². The number of carbonyl (C=O) groups is 2. The van der Waals surface area contributed by atoms with Crippen LogP contribution in [0.3, 0.4) is 0 Å². The van der Waals surface area contributed by atoms with E-state index >= 15 is 0 Å². The Morgan fingerprint density at radius 1 is 1.19 bits per heavy atom. The van der Waals surface area contributed by atoms with Gasteiger partial charge >= 0.3 is 0 Å². The molecular formula is C22H22N4O5S. The molecule has 2 N–H and O–H groups in total. The van der Waals surface area contributed by atoms with E-state index < -0.39 is 6.10 Å². The molecule has 0 spiro atoms. The fourth-order valence-corrected chi connectivity index (χ4v) is 3.46. The fourth-order valence-electron chi connectivity index (χ4n) is 2.94. The third-order valence-corrected chi connectivity index (χ3v) is 5.41. The Morgan fingerprint density at radius 2 is 2.00 bits per heavy atom. The minimum Gasteiger partial charge on any atom is -0.488 e. The van der Waals surface area contributed by atoms with E-state index in [1.165, 1.54) is 17.5 Å². The zero-order valence-corrected chi connectivity index (χ0v) is 18.2. The van der Waals surface area contributed by atoms with Gasteiger partial charge in [0.2, 0.25) is 0 Å². The van der Waals surface area contributed by atoms with Crippen molar-refractivity contribution in [3.63, 3.8) is 0 Å². The van der Waals surface area contributed by atoms with Crippen LogP contribution < -0.4 is 14.8 Å². The number of nitrogens with zero attached hydrogens (tertiary/aromatic N) is 3. The molecule has 4 rings (SSSR count). The Balaban J connectivity index is 1.54. The molecular weight excluding hydrogens is 432 g/mol. The second-order valence-corrected chi connectivity index (χ2v) is 8.12. The van der Waals surface area contributed by atoms with Gasteiger partial charge in [-0.1, -0.05) is 0 Å². The lowest BCUT2D eigenvalue weighted by Crippen LogP contribution is -2.42. The van der Waals surface area contributed by atoms with Crippen molar-refractivity contribution >= 4 is 28.3 Å². The number of nitrogens with one attached hydrogen (secondary N) is 1. The number of ether oxygens (including phenoxy) is 2. The van der Waals surface area contributed by atoms with Gasteiger partial charge in [0.25, 0.3) is 11.8 Å². The van der Waals surface area contributed by atoms with Gasteiger partial charge in [-0.2, -0.15) is 0 Å². The number of pyridine rings is 1. The summed E-state index contributed by atoms with van der Waals surface area (Å²) in [7, 11) is 0. The third-order valence-electron chi connectivity index (χ3n) is 4.72. The van der Waals surface area contributed by atoms with Crippen LogP contribution in [-0.2, 0) is 0 Å². The number of aromatic nitrogens is 2. The van der Waals surface area contributed by atoms with Gasteiger partial charge < -0.3 is 19.5 Å². The largest absolute Gasteiger partial charge is 0.488 e. The molecule has 3 aromatic rings. The van der Waals surface area contributed by atoms with Crippen molar-refractivity contribution in [2.45, 2.75) is 19.4 Å². The predicted octanol–water partition coefficient (Wildman–Crippen LogP) is 3.19. The Kier molecular flexibility index (Phi) is 6.62. The first-order valence-corrected chi connectivity index (χ1v) is 11.0. The molecule has 0 bridgehead atoms. The number of aliphatic hydroxyl groups excluding tert-OH is 1. The minimum atomic E-state index is -0.464. The first-order valence-electron chi connectivity index (χ1n) is 10.1. The Labute approximate surface area is 188 Å². The molecule has 2 aromatic heterocycles. The van der Waals surface area contributed by atoms with E-state index in [0.29, 0.717) is 33.6 Å². The summed E-state index contributed by atoms with van der Waals surface area (Å²) in [4.78, 5) is 34.9. The van der Waals surface area contributed by atoms with E-state index in [2.05, 4.69) is 15.3 Å². The van der Waals surface area contributed by atoms with Crippen LogP contribution in [0.4, 0.5) is 5.13 Å². The van der Waals surface area contributed by atoms with Gasteiger partial charge in [0.1, 0.15) is 29.0 Å². The lowest BCUT2D eigenvalue weighted by Gasteiger charge is -2.30. The molecule has 1 aliphatic rings. The van der Waals surface area contributed by atoms with Crippen LogP contribution in [0.25, 0.3) is 0 Å². The van der Waals surface area contributed by atoms with Crippen LogP contribution in [0.1, 0.15) is 34.2 Å². The van der Waals surface area contributed by atoms with Crippen LogP contribution in [0, 0.1) is 0 Å². The molecule has 0 saturated carbocycles. The van der Waals surface area contributed by atoms with E-state index in [4.69, 9.17) is 9.47 Å². The van der Waals surface area contributed by atoms with Crippen molar-refractivity contribution in [3.8, 4) is 17.2 Å². The summed E-state index contributed by atoms with van der Waals surface area (Å²) in [6, 6.07) is 8.01. The highest BCUT2D eigenvalue weighted by Crippen LogP contribution is 2.29. The van der Waals surface area contributed by atoms with Crippen molar-refractivity contribution in [1.82, 2.24) is 14.9 Å². The molecule has 1 fully saturated rings. The SMILES string of the molecule is C[C@@H](CO)Oc1cc(Oc2ccc(C(=O)N3CCC3)nc2)cc(C(=O)Nc2nccs2)c1. The van der Waals surface area contributed by atoms with Gasteiger partial charge in [0.15, 0.2) is 5.13 Å². The van der Waals surface area contributed by atoms with E-state index in [1.54, 1.807) is 53.7 Å². The number of hydrogen-bond acceptors (Lipinski definition) is 8. The monoisotopic (exact) mass is 454 g/mol. The number of amides is 2. The van der Waals surface area contributed by atoms with Gasteiger partial charge in [0.05, 0.1) is 12.8 Å². The van der Waals surface area contributed by atoms with E-state index in [9.17, 15) is 14.7 Å². The molecule has 32 heavy (non-hydrogen) atoms. The summed E-state index contributed by atoms with van der Waals surface area (Å²) < 4.78 is 11.5. The number of carbonyl (C=O) groups excluding carboxylic acids is 2. The maximum atomic E-state index is 12.7. The highest BCUT2D eigenvalue weighted by atomic mass is 32.1. The van der Waals surface area contributed by atoms with Gasteiger partial charge in [-0.05, 0) is 37.6 Å². The fraction of sp³-hybridized carbons (Fsp3) is 0.273. The normalized spacial score (nSPS) is 13.8. The van der Waals surface area contributed by atoms with E-state index in [-0.39, 0.29) is 18.4 Å². The second-order valence-electron chi connectivity index (χ2n) is 7.22. The molecule has 1 aromatic carbocycles. The van der Waals surface area contributed by atoms with Crippen molar-refractivity contribution < 1.29 is 24.2 Å². The standard InChI is InChI=1S/C22H22N4O5S/c1-14(13-27)30-17-9-15(20(28)25-22-23-5-8-32-22)10-18(11-17)31-16-3-4-19(24-12-16)21(29)26-6-2-7-26/h3-5,8-12,14,27H,2,6-7,13H2,1H3,(H,23,25,28)/t14-/m0/s1. The van der Waals surface area contributed by atoms with Gasteiger partial charge in [0, 0.05) is 36.3 Å². The van der Waals surface area contributed by atoms with Crippen molar-refractivity contribution in [3.05, 3.63) is 59.4 Å². The van der Waals surface area contributed by atoms with Crippen molar-refractivity contribution in [2.75, 3.05) is 25.0 Å². The first kappa shape index (κ1) is 21.7. The third kappa shape index (κ3) is 5.21. The summed E-state index contributed by atoms with van der Waals surface area (Å²) in [6.45, 7) is 3.04. The molecule has 1 aliphatic heterocycles. The van der Waals surface area contributed by atoms with E-state index in [1.807, 2.05) is 0 Å². The predicted molar refractivity (Wildman–Crippen MR) is 119 cm³/mol. The Bertz CT molecular complexity index is 1080. The summed E-state index contributed by atoms with van der Waals surface area (Å²) in [5, 5.41) is 14.3. The maximum absolute atomic E-state index is 12.7. The highest BCUT2D eigenvalue weighted by Gasteiger charge is 2.22. The molecule has 1 saturated heterocycles. The molecule has 1 atom stereocenters. The number of anilines is 1. The van der Waals surface area contributed by atoms with Crippen LogP contribution in [0.5, 0.6) is 17.2 Å². The summed E-state index contributed by atoms with van der Waals surface area (Å²) in [5.41, 5.74) is 0.657. The molecule has 3 heterocycles. The number of thiazole rings is 1. The van der Waals surface area contributed by atoms with Crippen LogP contribution >= 0.6 is 11.3 Å². The van der Waals surface area contributed by atoms with Gasteiger partial charge in [-0.15, -0.1) is 11.3 Å². The highest BCUT2D eigenvalue weighted by molar-refractivity contribution is 7.13. The Morgan fingerprint density at radius 3 is 2.62 bits per heavy atom. The summed E-state index contributed by atoms with van der Waals surface area (Å²) >= 11 is 1.30. The quantitative estimate of drug-likeness (QED) is 0.537. The summed E-state index contributed by atoms with van der Waals surface area (Å²) in [5.74, 6) is 0.646. The molecule has 9 nitrogen and oxygen atoms in total. The lowest BCUT2D eigenvalue weighted by atomic mass is 10.2. The van der Waals surface area contributed by atoms with Crippen molar-refractivity contribution in [1.29, 1.82) is 0 Å². The number of aliphatic hydroxyl groups is 1. The molecule has 0 radical (unpaired) electrons. The van der Waals surface area contributed by atoms with E-state index in [0.717, 1.165) is 19.5 Å². The average Bonchev–Trinajstić information content (AvgIpc) is 3.25. The number of rotatable bonds is 8. The maximum Gasteiger partial charge on any atom is 0.272 e. The second kappa shape index (κ2) is 9.75. The Hall–Kier alpha value is -3.50. The topological polar surface area (TPSA) is 114 Å². The van der Waals surface area contributed by atoms with Gasteiger partial charge in [-0.3, -0.25) is 14.9 Å². The van der Waals surface area contributed by atoms with Crippen molar-refractivity contribution in [2.24, 2.45) is 0 Å². The molecule has 2 amide bonds.